The van der Waals surface area contributed by atoms with Gasteiger partial charge in [0, 0.05) is 6.08 Å². The highest BCUT2D eigenvalue weighted by molar-refractivity contribution is 6.95. The van der Waals surface area contributed by atoms with Gasteiger partial charge in [0.25, 0.3) is 0 Å². The van der Waals surface area contributed by atoms with Crippen molar-refractivity contribution < 1.29 is 9.53 Å². The Bertz CT molecular complexity index is 407. The number of allylic oxidation sites excluding steroid dienone is 1. The molecule has 0 aliphatic heterocycles. The fourth-order valence-electron chi connectivity index (χ4n) is 1.62. The second-order valence-electron chi connectivity index (χ2n) is 4.57. The number of rotatable bonds is 4. The molecule has 2 nitrogen and oxygen atoms in total. The van der Waals surface area contributed by atoms with Crippen LogP contribution in [0.25, 0.3) is 0 Å². The second-order valence-corrected chi connectivity index (χ2v) is 9.19. The molecule has 0 aromatic heterocycles. The van der Waals surface area contributed by atoms with E-state index in [0.717, 1.165) is 5.20 Å². The molecule has 0 N–H and O–H groups in total. The topological polar surface area (TPSA) is 26.3 Å². The van der Waals surface area contributed by atoms with Crippen molar-refractivity contribution in [1.29, 1.82) is 0 Å². The zero-order valence-corrected chi connectivity index (χ0v) is 12.0. The van der Waals surface area contributed by atoms with Crippen molar-refractivity contribution >= 4 is 19.2 Å². The lowest BCUT2D eigenvalue weighted by atomic mass is 10.4. The van der Waals surface area contributed by atoms with Gasteiger partial charge in [0.15, 0.2) is 0 Å². The van der Waals surface area contributed by atoms with Gasteiger partial charge < -0.3 is 4.74 Å². The summed E-state index contributed by atoms with van der Waals surface area (Å²) in [6, 6.07) is 10.4. The van der Waals surface area contributed by atoms with Crippen molar-refractivity contribution in [1.82, 2.24) is 0 Å². The first-order valence-corrected chi connectivity index (χ1v) is 8.89. The van der Waals surface area contributed by atoms with Crippen LogP contribution in [0, 0.1) is 0 Å². The predicted octanol–water partition coefficient (Wildman–Crippen LogP) is 2.65. The van der Waals surface area contributed by atoms with E-state index in [0.29, 0.717) is 6.61 Å². The summed E-state index contributed by atoms with van der Waals surface area (Å²) < 4.78 is 4.95. The molecule has 1 aromatic rings. The largest absolute Gasteiger partial charge is 0.463 e. The second kappa shape index (κ2) is 5.82. The van der Waals surface area contributed by atoms with Crippen molar-refractivity contribution in [3.8, 4) is 0 Å². The number of ether oxygens (including phenoxy) is 1. The van der Waals surface area contributed by atoms with Crippen LogP contribution in [0.3, 0.4) is 0 Å². The molecular weight excluding hydrogens is 228 g/mol. The number of esters is 1. The van der Waals surface area contributed by atoms with Crippen LogP contribution in [0.4, 0.5) is 0 Å². The molecule has 3 heteroatoms. The number of carbonyl (C=O) groups excluding carboxylic acids is 1. The van der Waals surface area contributed by atoms with E-state index in [1.54, 1.807) is 6.08 Å². The Hall–Kier alpha value is -1.35. The lowest BCUT2D eigenvalue weighted by Crippen LogP contribution is -2.43. The maximum atomic E-state index is 11.5. The first-order valence-electron chi connectivity index (χ1n) is 5.89. The molecule has 0 saturated carbocycles. The molecule has 0 spiro atoms. The van der Waals surface area contributed by atoms with Crippen LogP contribution in [0.15, 0.2) is 41.6 Å². The SMILES string of the molecule is CCOC(=O)/C=C(/C)[Si](C)(C)c1ccccc1. The van der Waals surface area contributed by atoms with Crippen molar-refractivity contribution in [2.24, 2.45) is 0 Å². The zero-order valence-electron chi connectivity index (χ0n) is 11.0. The molecule has 0 heterocycles. The van der Waals surface area contributed by atoms with Crippen LogP contribution >= 0.6 is 0 Å². The van der Waals surface area contributed by atoms with Crippen LogP contribution < -0.4 is 5.19 Å². The molecule has 1 rings (SSSR count). The van der Waals surface area contributed by atoms with E-state index in [4.69, 9.17) is 4.74 Å². The van der Waals surface area contributed by atoms with E-state index in [-0.39, 0.29) is 5.97 Å². The average molecular weight is 248 g/mol. The minimum Gasteiger partial charge on any atom is -0.463 e. The van der Waals surface area contributed by atoms with E-state index in [1.807, 2.05) is 32.0 Å². The highest BCUT2D eigenvalue weighted by Gasteiger charge is 2.25. The minimum absolute atomic E-state index is 0.235. The van der Waals surface area contributed by atoms with Crippen molar-refractivity contribution in [3.63, 3.8) is 0 Å². The van der Waals surface area contributed by atoms with Crippen LogP contribution in [-0.4, -0.2) is 20.7 Å². The molecule has 0 unspecified atom stereocenters. The Morgan fingerprint density at radius 1 is 1.29 bits per heavy atom. The lowest BCUT2D eigenvalue weighted by molar-refractivity contribution is -0.137. The van der Waals surface area contributed by atoms with Gasteiger partial charge in [-0.1, -0.05) is 53.8 Å². The van der Waals surface area contributed by atoms with Crippen molar-refractivity contribution in [3.05, 3.63) is 41.6 Å². The summed E-state index contributed by atoms with van der Waals surface area (Å²) in [6.07, 6.45) is 1.64. The summed E-state index contributed by atoms with van der Waals surface area (Å²) in [4.78, 5) is 11.5. The summed E-state index contributed by atoms with van der Waals surface area (Å²) >= 11 is 0. The Labute approximate surface area is 104 Å². The van der Waals surface area contributed by atoms with Gasteiger partial charge in [-0.2, -0.15) is 0 Å². The molecule has 0 atom stereocenters. The van der Waals surface area contributed by atoms with Gasteiger partial charge in [-0.15, -0.1) is 0 Å². The summed E-state index contributed by atoms with van der Waals surface area (Å²) in [5, 5.41) is 2.47. The van der Waals surface area contributed by atoms with Gasteiger partial charge in [-0.25, -0.2) is 4.79 Å². The van der Waals surface area contributed by atoms with E-state index in [1.165, 1.54) is 5.19 Å². The normalized spacial score (nSPS) is 12.4. The highest BCUT2D eigenvalue weighted by Crippen LogP contribution is 2.14. The first-order chi connectivity index (χ1) is 7.98. The molecule has 0 saturated heterocycles. The zero-order chi connectivity index (χ0) is 12.9. The fourth-order valence-corrected chi connectivity index (χ4v) is 3.58. The monoisotopic (exact) mass is 248 g/mol. The lowest BCUT2D eigenvalue weighted by Gasteiger charge is -2.23. The van der Waals surface area contributed by atoms with Crippen molar-refractivity contribution in [2.75, 3.05) is 6.61 Å². The molecule has 1 aromatic carbocycles. The summed E-state index contributed by atoms with van der Waals surface area (Å²) in [6.45, 7) is 8.76. The molecular formula is C14H20O2Si. The average Bonchev–Trinajstić information content (AvgIpc) is 2.30. The van der Waals surface area contributed by atoms with Gasteiger partial charge >= 0.3 is 5.97 Å². The van der Waals surface area contributed by atoms with Crippen molar-refractivity contribution in [2.45, 2.75) is 26.9 Å². The number of hydrogen-bond acceptors (Lipinski definition) is 2. The highest BCUT2D eigenvalue weighted by atomic mass is 28.3. The maximum absolute atomic E-state index is 11.5. The van der Waals surface area contributed by atoms with E-state index < -0.39 is 8.07 Å². The molecule has 0 radical (unpaired) electrons. The summed E-state index contributed by atoms with van der Waals surface area (Å²) in [7, 11) is -1.71. The molecule has 92 valence electrons. The molecule has 0 bridgehead atoms. The fraction of sp³-hybridized carbons (Fsp3) is 0.357. The number of benzene rings is 1. The molecule has 0 fully saturated rings. The molecule has 0 amide bonds. The first kappa shape index (κ1) is 13.7. The van der Waals surface area contributed by atoms with E-state index >= 15 is 0 Å². The Morgan fingerprint density at radius 3 is 2.41 bits per heavy atom. The van der Waals surface area contributed by atoms with Crippen LogP contribution in [0.1, 0.15) is 13.8 Å². The van der Waals surface area contributed by atoms with Gasteiger partial charge in [-0.3, -0.25) is 0 Å². The summed E-state index contributed by atoms with van der Waals surface area (Å²) in [5.41, 5.74) is 0. The third-order valence-electron chi connectivity index (χ3n) is 3.10. The predicted molar refractivity (Wildman–Crippen MR) is 73.9 cm³/mol. The van der Waals surface area contributed by atoms with Gasteiger partial charge in [0.2, 0.25) is 0 Å². The molecule has 0 aliphatic rings. The smallest absolute Gasteiger partial charge is 0.330 e. The van der Waals surface area contributed by atoms with Crippen LogP contribution in [-0.2, 0) is 9.53 Å². The number of hydrogen-bond donors (Lipinski definition) is 0. The van der Waals surface area contributed by atoms with Crippen LogP contribution in [0.5, 0.6) is 0 Å². The van der Waals surface area contributed by atoms with Gasteiger partial charge in [0.1, 0.15) is 8.07 Å². The standard InChI is InChI=1S/C14H20O2Si/c1-5-16-14(15)11-12(2)17(3,4)13-9-7-6-8-10-13/h6-11H,5H2,1-4H3/b12-11-. The summed E-state index contributed by atoms with van der Waals surface area (Å²) in [5.74, 6) is -0.235. The third-order valence-corrected chi connectivity index (χ3v) is 7.00. The van der Waals surface area contributed by atoms with Gasteiger partial charge in [0.05, 0.1) is 6.61 Å². The Kier molecular flexibility index (Phi) is 4.69. The molecule has 0 aliphatic carbocycles. The Balaban J connectivity index is 2.94. The minimum atomic E-state index is -1.71. The van der Waals surface area contributed by atoms with Crippen LogP contribution in [0.2, 0.25) is 13.1 Å². The van der Waals surface area contributed by atoms with Gasteiger partial charge in [-0.05, 0) is 13.8 Å². The van der Waals surface area contributed by atoms with E-state index in [2.05, 4.69) is 25.2 Å². The quantitative estimate of drug-likeness (QED) is 0.465. The Morgan fingerprint density at radius 2 is 1.88 bits per heavy atom. The van der Waals surface area contributed by atoms with E-state index in [9.17, 15) is 4.79 Å². The maximum Gasteiger partial charge on any atom is 0.330 e. The number of carbonyl (C=O) groups is 1. The molecule has 17 heavy (non-hydrogen) atoms. The third kappa shape index (κ3) is 3.56.